The molecule has 0 saturated carbocycles. The van der Waals surface area contributed by atoms with Crippen LogP contribution in [0.25, 0.3) is 0 Å². The zero-order valence-corrected chi connectivity index (χ0v) is 8.72. The molecule has 0 aliphatic heterocycles. The largest absolute Gasteiger partial charge is 0.396 e. The summed E-state index contributed by atoms with van der Waals surface area (Å²) in [5.41, 5.74) is 0.315. The van der Waals surface area contributed by atoms with Crippen LogP contribution in [0, 0.1) is 10.1 Å². The van der Waals surface area contributed by atoms with Gasteiger partial charge in [-0.3, -0.25) is 10.1 Å². The Kier molecular flexibility index (Phi) is 3.80. The Morgan fingerprint density at radius 1 is 1.40 bits per heavy atom. The molecule has 0 saturated heterocycles. The van der Waals surface area contributed by atoms with Gasteiger partial charge in [-0.2, -0.15) is 0 Å². The van der Waals surface area contributed by atoms with E-state index in [0.717, 1.165) is 5.56 Å². The third kappa shape index (κ3) is 3.02. The van der Waals surface area contributed by atoms with Gasteiger partial charge in [-0.1, -0.05) is 30.3 Å². The first-order valence-electron chi connectivity index (χ1n) is 4.87. The minimum atomic E-state index is -0.584. The fraction of sp³-hybridized carbons (Fsp3) is 0.455. The Labute approximate surface area is 88.7 Å². The third-order valence-electron chi connectivity index (χ3n) is 2.61. The number of benzene rings is 1. The topological polar surface area (TPSA) is 63.4 Å². The molecule has 1 N–H and O–H groups in total. The average Bonchev–Trinajstić information content (AvgIpc) is 2.18. The van der Waals surface area contributed by atoms with E-state index in [4.69, 9.17) is 5.11 Å². The van der Waals surface area contributed by atoms with E-state index < -0.39 is 5.41 Å². The van der Waals surface area contributed by atoms with Gasteiger partial charge in [0.2, 0.25) is 6.54 Å². The minimum absolute atomic E-state index is 0.0424. The van der Waals surface area contributed by atoms with Crippen LogP contribution in [0.3, 0.4) is 0 Å². The monoisotopic (exact) mass is 209 g/mol. The van der Waals surface area contributed by atoms with Crippen molar-refractivity contribution in [1.82, 2.24) is 0 Å². The fourth-order valence-corrected chi connectivity index (χ4v) is 1.69. The maximum Gasteiger partial charge on any atom is 0.213 e. The van der Waals surface area contributed by atoms with Crippen molar-refractivity contribution in [2.45, 2.75) is 18.8 Å². The Bertz CT molecular complexity index is 326. The van der Waals surface area contributed by atoms with Crippen LogP contribution in [0.5, 0.6) is 0 Å². The summed E-state index contributed by atoms with van der Waals surface area (Å²) in [5.74, 6) is 0. The maximum absolute atomic E-state index is 10.6. The second-order valence-electron chi connectivity index (χ2n) is 3.89. The molecule has 0 fully saturated rings. The molecule has 0 spiro atoms. The zero-order chi connectivity index (χ0) is 11.3. The Hall–Kier alpha value is -1.42. The molecule has 1 rings (SSSR count). The number of hydrogen-bond donors (Lipinski definition) is 1. The number of aliphatic hydroxyl groups is 1. The van der Waals surface area contributed by atoms with Crippen molar-refractivity contribution < 1.29 is 10.0 Å². The van der Waals surface area contributed by atoms with Crippen molar-refractivity contribution in [3.8, 4) is 0 Å². The van der Waals surface area contributed by atoms with Gasteiger partial charge in [-0.15, -0.1) is 0 Å². The minimum Gasteiger partial charge on any atom is -0.396 e. The second-order valence-corrected chi connectivity index (χ2v) is 3.89. The molecule has 1 aromatic carbocycles. The van der Waals surface area contributed by atoms with Crippen LogP contribution in [0.1, 0.15) is 18.9 Å². The predicted octanol–water partition coefficient (Wildman–Crippen LogP) is 1.60. The highest BCUT2D eigenvalue weighted by Crippen LogP contribution is 2.27. The van der Waals surface area contributed by atoms with Gasteiger partial charge in [0.25, 0.3) is 0 Å². The number of hydrogen-bond acceptors (Lipinski definition) is 3. The van der Waals surface area contributed by atoms with Crippen LogP contribution in [-0.2, 0) is 5.41 Å². The van der Waals surface area contributed by atoms with E-state index in [1.807, 2.05) is 30.3 Å². The van der Waals surface area contributed by atoms with E-state index in [1.165, 1.54) is 0 Å². The molecule has 15 heavy (non-hydrogen) atoms. The highest BCUT2D eigenvalue weighted by atomic mass is 16.6. The molecule has 0 aliphatic rings. The lowest BCUT2D eigenvalue weighted by Crippen LogP contribution is -2.32. The van der Waals surface area contributed by atoms with Crippen molar-refractivity contribution in [2.75, 3.05) is 13.2 Å². The van der Waals surface area contributed by atoms with Gasteiger partial charge in [0.1, 0.15) is 0 Å². The molecule has 1 atom stereocenters. The first-order chi connectivity index (χ1) is 7.08. The van der Waals surface area contributed by atoms with Crippen LogP contribution >= 0.6 is 0 Å². The average molecular weight is 209 g/mol. The summed E-state index contributed by atoms with van der Waals surface area (Å²) in [7, 11) is 0. The third-order valence-corrected chi connectivity index (χ3v) is 2.61. The summed E-state index contributed by atoms with van der Waals surface area (Å²) in [4.78, 5) is 10.3. The van der Waals surface area contributed by atoms with Gasteiger partial charge < -0.3 is 5.11 Å². The molecule has 0 aromatic heterocycles. The molecule has 0 aliphatic carbocycles. The lowest BCUT2D eigenvalue weighted by molar-refractivity contribution is -0.490. The first-order valence-corrected chi connectivity index (χ1v) is 4.87. The fourth-order valence-electron chi connectivity index (χ4n) is 1.69. The molecule has 0 bridgehead atoms. The summed E-state index contributed by atoms with van der Waals surface area (Å²) >= 11 is 0. The van der Waals surface area contributed by atoms with E-state index in [1.54, 1.807) is 6.92 Å². The maximum atomic E-state index is 10.6. The molecule has 4 nitrogen and oxygen atoms in total. The lowest BCUT2D eigenvalue weighted by atomic mass is 9.80. The Morgan fingerprint density at radius 2 is 2.00 bits per heavy atom. The van der Waals surface area contributed by atoms with E-state index >= 15 is 0 Å². The first kappa shape index (κ1) is 11.7. The van der Waals surface area contributed by atoms with E-state index in [-0.39, 0.29) is 18.1 Å². The molecule has 0 heterocycles. The van der Waals surface area contributed by atoms with E-state index in [2.05, 4.69) is 0 Å². The molecule has 0 amide bonds. The highest BCUT2D eigenvalue weighted by Gasteiger charge is 2.31. The normalized spacial score (nSPS) is 14.5. The molecule has 82 valence electrons. The van der Waals surface area contributed by atoms with Crippen molar-refractivity contribution >= 4 is 0 Å². The summed E-state index contributed by atoms with van der Waals surface area (Å²) in [6.07, 6.45) is 0.401. The van der Waals surface area contributed by atoms with E-state index in [0.29, 0.717) is 6.42 Å². The SMILES string of the molecule is C[C@](CCO)(C[N+](=O)[O-])c1ccccc1. The summed E-state index contributed by atoms with van der Waals surface area (Å²) in [6.45, 7) is 1.61. The van der Waals surface area contributed by atoms with Crippen LogP contribution < -0.4 is 0 Å². The molecular formula is C11H15NO3. The van der Waals surface area contributed by atoms with Gasteiger partial charge in [0, 0.05) is 11.5 Å². The van der Waals surface area contributed by atoms with Crippen molar-refractivity contribution in [3.05, 3.63) is 46.0 Å². The second kappa shape index (κ2) is 4.89. The number of nitro groups is 1. The lowest BCUT2D eigenvalue weighted by Gasteiger charge is -2.24. The van der Waals surface area contributed by atoms with Crippen LogP contribution in [0.2, 0.25) is 0 Å². The van der Waals surface area contributed by atoms with Gasteiger partial charge in [-0.25, -0.2) is 0 Å². The van der Waals surface area contributed by atoms with Crippen molar-refractivity contribution in [2.24, 2.45) is 0 Å². The van der Waals surface area contributed by atoms with Gasteiger partial charge in [0.15, 0.2) is 0 Å². The Balaban J connectivity index is 2.95. The Morgan fingerprint density at radius 3 is 2.47 bits per heavy atom. The summed E-state index contributed by atoms with van der Waals surface area (Å²) < 4.78 is 0. The highest BCUT2D eigenvalue weighted by molar-refractivity contribution is 5.24. The standard InChI is InChI=1S/C11H15NO3/c1-11(7-8-13,9-12(14)15)10-5-3-2-4-6-10/h2-6,13H,7-9H2,1H3/t11-/m0/s1. The smallest absolute Gasteiger partial charge is 0.213 e. The number of rotatable bonds is 5. The predicted molar refractivity (Wildman–Crippen MR) is 57.4 cm³/mol. The van der Waals surface area contributed by atoms with Crippen LogP contribution in [0.4, 0.5) is 0 Å². The number of aliphatic hydroxyl groups excluding tert-OH is 1. The van der Waals surface area contributed by atoms with Crippen LogP contribution in [-0.4, -0.2) is 23.2 Å². The van der Waals surface area contributed by atoms with Crippen molar-refractivity contribution in [1.29, 1.82) is 0 Å². The molecule has 1 aromatic rings. The zero-order valence-electron chi connectivity index (χ0n) is 8.72. The molecule has 0 radical (unpaired) electrons. The van der Waals surface area contributed by atoms with Gasteiger partial charge in [-0.05, 0) is 18.9 Å². The molecular weight excluding hydrogens is 194 g/mol. The van der Waals surface area contributed by atoms with Crippen LogP contribution in [0.15, 0.2) is 30.3 Å². The number of nitrogens with zero attached hydrogens (tertiary/aromatic N) is 1. The van der Waals surface area contributed by atoms with Gasteiger partial charge in [0.05, 0.1) is 5.41 Å². The van der Waals surface area contributed by atoms with Gasteiger partial charge >= 0.3 is 0 Å². The van der Waals surface area contributed by atoms with E-state index in [9.17, 15) is 10.1 Å². The molecule has 4 heteroatoms. The summed E-state index contributed by atoms with van der Waals surface area (Å²) in [6, 6.07) is 9.29. The van der Waals surface area contributed by atoms with Crippen molar-refractivity contribution in [3.63, 3.8) is 0 Å². The molecule has 0 unspecified atom stereocenters. The quantitative estimate of drug-likeness (QED) is 0.591. The summed E-state index contributed by atoms with van der Waals surface area (Å²) in [5, 5.41) is 19.5.